The molecule has 0 saturated carbocycles. The molecule has 0 spiro atoms. The second-order valence-corrected chi connectivity index (χ2v) is 5.03. The zero-order chi connectivity index (χ0) is 15.1. The van der Waals surface area contributed by atoms with Gasteiger partial charge >= 0.3 is 5.97 Å². The summed E-state index contributed by atoms with van der Waals surface area (Å²) in [6, 6.07) is 7.55. The number of rotatable bonds is 6. The number of ether oxygens (including phenoxy) is 2. The molecule has 0 aromatic heterocycles. The van der Waals surface area contributed by atoms with Crippen LogP contribution < -0.4 is 4.74 Å². The molecule has 1 aromatic carbocycles. The van der Waals surface area contributed by atoms with E-state index in [2.05, 4.69) is 6.92 Å². The molecule has 1 amide bonds. The summed E-state index contributed by atoms with van der Waals surface area (Å²) in [6.07, 6.45) is 3.01. The predicted molar refractivity (Wildman–Crippen MR) is 78.1 cm³/mol. The van der Waals surface area contributed by atoms with Crippen molar-refractivity contribution in [1.29, 1.82) is 0 Å². The number of carbonyl (C=O) groups excluding carboxylic acids is 2. The Morgan fingerprint density at radius 3 is 2.38 bits per heavy atom. The van der Waals surface area contributed by atoms with Gasteiger partial charge < -0.3 is 14.4 Å². The van der Waals surface area contributed by atoms with Crippen molar-refractivity contribution in [3.63, 3.8) is 0 Å². The predicted octanol–water partition coefficient (Wildman–Crippen LogP) is 1.79. The number of hydrogen-bond donors (Lipinski definition) is 0. The fraction of sp³-hybridized carbons (Fsp3) is 0.500. The first-order chi connectivity index (χ1) is 10.2. The van der Waals surface area contributed by atoms with Crippen molar-refractivity contribution in [3.8, 4) is 5.75 Å². The quantitative estimate of drug-likeness (QED) is 0.750. The topological polar surface area (TPSA) is 55.8 Å². The van der Waals surface area contributed by atoms with E-state index < -0.39 is 5.97 Å². The first-order valence-corrected chi connectivity index (χ1v) is 7.34. The molecule has 2 rings (SSSR count). The van der Waals surface area contributed by atoms with E-state index in [1.165, 1.54) is 5.56 Å². The van der Waals surface area contributed by atoms with Crippen LogP contribution in [0.3, 0.4) is 0 Å². The average Bonchev–Trinajstić information content (AvgIpc) is 3.05. The molecule has 0 N–H and O–H groups in total. The minimum atomic E-state index is -0.526. The number of carbonyl (C=O) groups is 2. The van der Waals surface area contributed by atoms with Crippen molar-refractivity contribution in [3.05, 3.63) is 29.8 Å². The summed E-state index contributed by atoms with van der Waals surface area (Å²) in [5, 5.41) is 0. The van der Waals surface area contributed by atoms with Gasteiger partial charge in [0.25, 0.3) is 5.91 Å². The van der Waals surface area contributed by atoms with Crippen LogP contribution in [0.15, 0.2) is 24.3 Å². The third-order valence-corrected chi connectivity index (χ3v) is 3.50. The fourth-order valence-corrected chi connectivity index (χ4v) is 2.21. The van der Waals surface area contributed by atoms with Gasteiger partial charge in [-0.15, -0.1) is 0 Å². The lowest BCUT2D eigenvalue weighted by Crippen LogP contribution is -2.32. The van der Waals surface area contributed by atoms with Crippen molar-refractivity contribution in [2.24, 2.45) is 0 Å². The Balaban J connectivity index is 1.67. The average molecular weight is 291 g/mol. The normalized spacial score (nSPS) is 14.0. The molecule has 1 heterocycles. The van der Waals surface area contributed by atoms with E-state index in [1.807, 2.05) is 24.3 Å². The lowest BCUT2D eigenvalue weighted by atomic mass is 10.2. The van der Waals surface area contributed by atoms with Crippen LogP contribution in [0.25, 0.3) is 0 Å². The highest BCUT2D eigenvalue weighted by Crippen LogP contribution is 2.12. The number of nitrogens with zero attached hydrogens (tertiary/aromatic N) is 1. The Hall–Kier alpha value is -2.04. The van der Waals surface area contributed by atoms with E-state index in [1.54, 1.807) is 4.90 Å². The Labute approximate surface area is 124 Å². The summed E-state index contributed by atoms with van der Waals surface area (Å²) in [7, 11) is 0. The molecule has 21 heavy (non-hydrogen) atoms. The molecule has 5 heteroatoms. The van der Waals surface area contributed by atoms with Crippen LogP contribution in [-0.4, -0.2) is 43.1 Å². The lowest BCUT2D eigenvalue weighted by molar-refractivity contribution is -0.153. The van der Waals surface area contributed by atoms with Gasteiger partial charge in [-0.3, -0.25) is 4.79 Å². The molecule has 1 aliphatic heterocycles. The zero-order valence-corrected chi connectivity index (χ0v) is 12.3. The largest absolute Gasteiger partial charge is 0.482 e. The van der Waals surface area contributed by atoms with Crippen molar-refractivity contribution in [2.45, 2.75) is 26.2 Å². The van der Waals surface area contributed by atoms with Gasteiger partial charge in [-0.05, 0) is 37.0 Å². The van der Waals surface area contributed by atoms with E-state index in [0.29, 0.717) is 5.75 Å². The lowest BCUT2D eigenvalue weighted by Gasteiger charge is -2.15. The summed E-state index contributed by atoms with van der Waals surface area (Å²) in [5.41, 5.74) is 1.21. The standard InChI is InChI=1S/C16H21NO4/c1-2-13-5-7-14(8-6-13)20-12-16(19)21-11-15(18)17-9-3-4-10-17/h5-8H,2-4,9-12H2,1H3. The Morgan fingerprint density at radius 2 is 1.76 bits per heavy atom. The molecule has 0 atom stereocenters. The van der Waals surface area contributed by atoms with Crippen LogP contribution in [0, 0.1) is 0 Å². The molecule has 1 aliphatic rings. The van der Waals surface area contributed by atoms with Crippen LogP contribution in [0.5, 0.6) is 5.75 Å². The van der Waals surface area contributed by atoms with Gasteiger partial charge in [-0.25, -0.2) is 4.79 Å². The second kappa shape index (κ2) is 7.67. The van der Waals surface area contributed by atoms with Gasteiger partial charge in [-0.2, -0.15) is 0 Å². The molecule has 1 saturated heterocycles. The fourth-order valence-electron chi connectivity index (χ4n) is 2.21. The zero-order valence-electron chi connectivity index (χ0n) is 12.3. The van der Waals surface area contributed by atoms with E-state index in [-0.39, 0.29) is 19.1 Å². The number of aryl methyl sites for hydroxylation is 1. The van der Waals surface area contributed by atoms with Crippen LogP contribution in [0.2, 0.25) is 0 Å². The number of hydrogen-bond acceptors (Lipinski definition) is 4. The highest BCUT2D eigenvalue weighted by atomic mass is 16.6. The number of amides is 1. The van der Waals surface area contributed by atoms with Crippen molar-refractivity contribution < 1.29 is 19.1 Å². The molecule has 0 radical (unpaired) electrons. The molecule has 0 aliphatic carbocycles. The van der Waals surface area contributed by atoms with Crippen LogP contribution in [-0.2, 0) is 20.7 Å². The van der Waals surface area contributed by atoms with Gasteiger partial charge in [0.1, 0.15) is 5.75 Å². The SMILES string of the molecule is CCc1ccc(OCC(=O)OCC(=O)N2CCCC2)cc1. The first-order valence-electron chi connectivity index (χ1n) is 7.34. The summed E-state index contributed by atoms with van der Waals surface area (Å²) in [5.74, 6) is -0.0368. The second-order valence-electron chi connectivity index (χ2n) is 5.03. The van der Waals surface area contributed by atoms with Crippen molar-refractivity contribution in [1.82, 2.24) is 4.90 Å². The smallest absolute Gasteiger partial charge is 0.344 e. The van der Waals surface area contributed by atoms with Crippen molar-refractivity contribution in [2.75, 3.05) is 26.3 Å². The highest BCUT2D eigenvalue weighted by molar-refractivity contribution is 5.81. The molecule has 1 aromatic rings. The van der Waals surface area contributed by atoms with Crippen LogP contribution in [0.1, 0.15) is 25.3 Å². The summed E-state index contributed by atoms with van der Waals surface area (Å²) >= 11 is 0. The number of esters is 1. The molecule has 0 unspecified atom stereocenters. The van der Waals surface area contributed by atoms with Gasteiger partial charge in [0.15, 0.2) is 13.2 Å². The Kier molecular flexibility index (Phi) is 5.60. The number of likely N-dealkylation sites (tertiary alicyclic amines) is 1. The van der Waals surface area contributed by atoms with Gasteiger partial charge in [0, 0.05) is 13.1 Å². The summed E-state index contributed by atoms with van der Waals surface area (Å²) < 4.78 is 10.3. The van der Waals surface area contributed by atoms with E-state index in [0.717, 1.165) is 32.4 Å². The van der Waals surface area contributed by atoms with E-state index >= 15 is 0 Å². The highest BCUT2D eigenvalue weighted by Gasteiger charge is 2.19. The van der Waals surface area contributed by atoms with E-state index in [4.69, 9.17) is 9.47 Å². The molecule has 0 bridgehead atoms. The molecule has 1 fully saturated rings. The van der Waals surface area contributed by atoms with Gasteiger partial charge in [-0.1, -0.05) is 19.1 Å². The molecule has 114 valence electrons. The summed E-state index contributed by atoms with van der Waals surface area (Å²) in [6.45, 7) is 3.22. The monoisotopic (exact) mass is 291 g/mol. The molecule has 5 nitrogen and oxygen atoms in total. The molecular weight excluding hydrogens is 270 g/mol. The minimum Gasteiger partial charge on any atom is -0.482 e. The maximum atomic E-state index is 11.7. The maximum Gasteiger partial charge on any atom is 0.344 e. The first kappa shape index (κ1) is 15.4. The third-order valence-electron chi connectivity index (χ3n) is 3.50. The van der Waals surface area contributed by atoms with Crippen LogP contribution in [0.4, 0.5) is 0 Å². The van der Waals surface area contributed by atoms with Gasteiger partial charge in [0.2, 0.25) is 0 Å². The Bertz CT molecular complexity index is 478. The minimum absolute atomic E-state index is 0.131. The molecular formula is C16H21NO4. The third kappa shape index (κ3) is 4.77. The van der Waals surface area contributed by atoms with Crippen molar-refractivity contribution >= 4 is 11.9 Å². The number of benzene rings is 1. The van der Waals surface area contributed by atoms with Crippen LogP contribution >= 0.6 is 0 Å². The van der Waals surface area contributed by atoms with E-state index in [9.17, 15) is 9.59 Å². The van der Waals surface area contributed by atoms with Gasteiger partial charge in [0.05, 0.1) is 0 Å². The Morgan fingerprint density at radius 1 is 1.10 bits per heavy atom. The summed E-state index contributed by atoms with van der Waals surface area (Å²) in [4.78, 5) is 25.0. The maximum absolute atomic E-state index is 11.7.